The van der Waals surface area contributed by atoms with E-state index >= 15 is 0 Å². The van der Waals surface area contributed by atoms with Crippen LogP contribution in [0.25, 0.3) is 0 Å². The smallest absolute Gasteiger partial charge is 0.308 e. The monoisotopic (exact) mass is 259 g/mol. The van der Waals surface area contributed by atoms with Crippen molar-refractivity contribution in [3.05, 3.63) is 15.6 Å². The van der Waals surface area contributed by atoms with E-state index in [0.29, 0.717) is 5.25 Å². The molecule has 1 aromatic rings. The zero-order chi connectivity index (χ0) is 12.1. The molecule has 0 fully saturated rings. The van der Waals surface area contributed by atoms with Crippen LogP contribution in [0.5, 0.6) is 0 Å². The van der Waals surface area contributed by atoms with Gasteiger partial charge < -0.3 is 5.11 Å². The summed E-state index contributed by atoms with van der Waals surface area (Å²) in [5.74, 6) is 0.105. The minimum atomic E-state index is -0.784. The summed E-state index contributed by atoms with van der Waals surface area (Å²) >= 11 is 3.40. The van der Waals surface area contributed by atoms with Gasteiger partial charge in [0.05, 0.1) is 12.1 Å². The average Bonchev–Trinajstić information content (AvgIpc) is 2.55. The largest absolute Gasteiger partial charge is 0.481 e. The van der Waals surface area contributed by atoms with E-state index in [9.17, 15) is 4.79 Å². The predicted molar refractivity (Wildman–Crippen MR) is 69.2 cm³/mol. The number of carboxylic acids is 1. The van der Waals surface area contributed by atoms with Crippen LogP contribution in [0.1, 0.15) is 35.8 Å². The predicted octanol–water partition coefficient (Wildman–Crippen LogP) is 3.11. The molecule has 90 valence electrons. The van der Waals surface area contributed by atoms with Crippen LogP contribution in [0, 0.1) is 6.92 Å². The van der Waals surface area contributed by atoms with Crippen LogP contribution in [0.2, 0.25) is 0 Å². The normalized spacial score (nSPS) is 12.7. The van der Waals surface area contributed by atoms with Crippen LogP contribution in [-0.4, -0.2) is 21.3 Å². The maximum absolute atomic E-state index is 10.6. The van der Waals surface area contributed by atoms with E-state index in [-0.39, 0.29) is 6.42 Å². The van der Waals surface area contributed by atoms with Gasteiger partial charge in [-0.2, -0.15) is 11.8 Å². The highest BCUT2D eigenvalue weighted by molar-refractivity contribution is 7.99. The molecule has 5 heteroatoms. The van der Waals surface area contributed by atoms with Crippen LogP contribution in [-0.2, 0) is 17.0 Å². The average molecular weight is 259 g/mol. The first-order chi connectivity index (χ1) is 7.52. The minimum Gasteiger partial charge on any atom is -0.481 e. The van der Waals surface area contributed by atoms with Gasteiger partial charge in [0.15, 0.2) is 0 Å². The molecule has 16 heavy (non-hydrogen) atoms. The molecule has 0 spiro atoms. The van der Waals surface area contributed by atoms with E-state index in [1.54, 1.807) is 0 Å². The van der Waals surface area contributed by atoms with Crippen molar-refractivity contribution in [3.63, 3.8) is 0 Å². The third-order valence-electron chi connectivity index (χ3n) is 2.31. The van der Waals surface area contributed by atoms with Gasteiger partial charge in [-0.05, 0) is 13.3 Å². The lowest BCUT2D eigenvalue weighted by Crippen LogP contribution is -1.99. The summed E-state index contributed by atoms with van der Waals surface area (Å²) in [6.07, 6.45) is 1.24. The van der Waals surface area contributed by atoms with E-state index in [0.717, 1.165) is 27.8 Å². The molecular formula is C11H17NO2S2. The molecule has 0 bridgehead atoms. The second kappa shape index (κ2) is 6.25. The molecule has 0 amide bonds. The SMILES string of the molecule is CCC(C)SCc1nc(C)c(CC(=O)O)s1. The molecule has 0 saturated heterocycles. The second-order valence-corrected chi connectivity index (χ2v) is 6.31. The van der Waals surface area contributed by atoms with Gasteiger partial charge in [-0.15, -0.1) is 11.3 Å². The van der Waals surface area contributed by atoms with Crippen LogP contribution >= 0.6 is 23.1 Å². The van der Waals surface area contributed by atoms with Crippen LogP contribution in [0.3, 0.4) is 0 Å². The fraction of sp³-hybridized carbons (Fsp3) is 0.636. The lowest BCUT2D eigenvalue weighted by atomic mass is 10.3. The summed E-state index contributed by atoms with van der Waals surface area (Å²) < 4.78 is 0. The van der Waals surface area contributed by atoms with Crippen molar-refractivity contribution < 1.29 is 9.90 Å². The van der Waals surface area contributed by atoms with Gasteiger partial charge in [0.2, 0.25) is 0 Å². The number of nitrogens with zero attached hydrogens (tertiary/aromatic N) is 1. The molecule has 0 aromatic carbocycles. The summed E-state index contributed by atoms with van der Waals surface area (Å²) in [4.78, 5) is 15.9. The summed E-state index contributed by atoms with van der Waals surface area (Å²) in [7, 11) is 0. The number of aromatic nitrogens is 1. The Labute approximate surface area is 104 Å². The van der Waals surface area contributed by atoms with E-state index in [4.69, 9.17) is 5.11 Å². The number of aliphatic carboxylic acids is 1. The highest BCUT2D eigenvalue weighted by Crippen LogP contribution is 2.25. The highest BCUT2D eigenvalue weighted by Gasteiger charge is 2.11. The number of hydrogen-bond acceptors (Lipinski definition) is 4. The Bertz CT molecular complexity index is 363. The zero-order valence-electron chi connectivity index (χ0n) is 9.82. The maximum atomic E-state index is 10.6. The lowest BCUT2D eigenvalue weighted by molar-refractivity contribution is -0.136. The molecule has 1 heterocycles. The lowest BCUT2D eigenvalue weighted by Gasteiger charge is -2.05. The summed E-state index contributed by atoms with van der Waals surface area (Å²) in [6, 6.07) is 0. The maximum Gasteiger partial charge on any atom is 0.308 e. The van der Waals surface area contributed by atoms with E-state index < -0.39 is 5.97 Å². The minimum absolute atomic E-state index is 0.0947. The van der Waals surface area contributed by atoms with Gasteiger partial charge in [-0.3, -0.25) is 4.79 Å². The third-order valence-corrected chi connectivity index (χ3v) is 5.00. The second-order valence-electron chi connectivity index (χ2n) is 3.72. The molecular weight excluding hydrogens is 242 g/mol. The van der Waals surface area contributed by atoms with E-state index in [1.165, 1.54) is 11.3 Å². The Morgan fingerprint density at radius 1 is 1.62 bits per heavy atom. The van der Waals surface area contributed by atoms with E-state index in [1.807, 2.05) is 18.7 Å². The molecule has 1 N–H and O–H groups in total. The summed E-state index contributed by atoms with van der Waals surface area (Å²) in [6.45, 7) is 6.25. The molecule has 3 nitrogen and oxygen atoms in total. The van der Waals surface area contributed by atoms with Gasteiger partial charge in [0.1, 0.15) is 5.01 Å². The van der Waals surface area contributed by atoms with Crippen LogP contribution in [0.15, 0.2) is 0 Å². The van der Waals surface area contributed by atoms with Gasteiger partial charge in [-0.1, -0.05) is 13.8 Å². The van der Waals surface area contributed by atoms with E-state index in [2.05, 4.69) is 18.8 Å². The molecule has 1 rings (SSSR count). The number of aryl methyl sites for hydroxylation is 1. The topological polar surface area (TPSA) is 50.2 Å². The first-order valence-corrected chi connectivity index (χ1v) is 7.18. The van der Waals surface area contributed by atoms with Crippen molar-refractivity contribution in [1.82, 2.24) is 4.98 Å². The van der Waals surface area contributed by atoms with Crippen LogP contribution in [0.4, 0.5) is 0 Å². The van der Waals surface area contributed by atoms with Crippen molar-refractivity contribution in [2.45, 2.75) is 44.6 Å². The molecule has 1 atom stereocenters. The molecule has 0 radical (unpaired) electrons. The molecule has 0 aliphatic heterocycles. The Morgan fingerprint density at radius 3 is 2.88 bits per heavy atom. The Kier molecular flexibility index (Phi) is 5.28. The number of thiazole rings is 1. The van der Waals surface area contributed by atoms with Crippen molar-refractivity contribution >= 4 is 29.1 Å². The Hall–Kier alpha value is -0.550. The molecule has 0 aliphatic rings. The summed E-state index contributed by atoms with van der Waals surface area (Å²) in [5.41, 5.74) is 0.868. The van der Waals surface area contributed by atoms with Gasteiger partial charge >= 0.3 is 5.97 Å². The molecule has 0 aliphatic carbocycles. The number of rotatable bonds is 6. The van der Waals surface area contributed by atoms with Crippen molar-refractivity contribution in [2.24, 2.45) is 0 Å². The highest BCUT2D eigenvalue weighted by atomic mass is 32.2. The van der Waals surface area contributed by atoms with Gasteiger partial charge in [0.25, 0.3) is 0 Å². The fourth-order valence-corrected chi connectivity index (χ4v) is 3.21. The number of carboxylic acid groups (broad SMARTS) is 1. The Morgan fingerprint density at radius 2 is 2.31 bits per heavy atom. The third kappa shape index (κ3) is 4.14. The number of thioether (sulfide) groups is 1. The van der Waals surface area contributed by atoms with Crippen molar-refractivity contribution in [3.8, 4) is 0 Å². The van der Waals surface area contributed by atoms with Crippen molar-refractivity contribution in [1.29, 1.82) is 0 Å². The Balaban J connectivity index is 2.58. The van der Waals surface area contributed by atoms with Crippen molar-refractivity contribution in [2.75, 3.05) is 0 Å². The quantitative estimate of drug-likeness (QED) is 0.853. The van der Waals surface area contributed by atoms with Gasteiger partial charge in [0, 0.05) is 15.9 Å². The fourth-order valence-electron chi connectivity index (χ4n) is 1.18. The number of hydrogen-bond donors (Lipinski definition) is 1. The molecule has 1 unspecified atom stereocenters. The summed E-state index contributed by atoms with van der Waals surface area (Å²) in [5, 5.41) is 10.4. The van der Waals surface area contributed by atoms with Crippen LogP contribution < -0.4 is 0 Å². The van der Waals surface area contributed by atoms with Gasteiger partial charge in [-0.25, -0.2) is 4.98 Å². The molecule has 0 saturated carbocycles. The number of carbonyl (C=O) groups is 1. The molecule has 1 aromatic heterocycles. The standard InChI is InChI=1S/C11H17NO2S2/c1-4-7(2)15-6-10-12-8(3)9(16-10)5-11(13)14/h7H,4-6H2,1-3H3,(H,13,14). The first kappa shape index (κ1) is 13.5. The first-order valence-electron chi connectivity index (χ1n) is 5.31. The zero-order valence-corrected chi connectivity index (χ0v) is 11.5.